The molecule has 0 bridgehead atoms. The van der Waals surface area contributed by atoms with Crippen molar-refractivity contribution >= 4 is 10.0 Å². The van der Waals surface area contributed by atoms with Gasteiger partial charge in [-0.2, -0.15) is 5.10 Å². The minimum Gasteiger partial charge on any atom is -0.333 e. The number of aryl methyl sites for hydroxylation is 4. The highest BCUT2D eigenvalue weighted by Crippen LogP contribution is 2.22. The standard InChI is InChI=1S/C15H23N5O2S/c1-5-20-12(4)15(11(3)17-20)23(21,22)18-13-6-7-14-16-10(2)8-19(14)9-13/h8,13,18H,5-7,9H2,1-4H3/t13-/m1/s1. The van der Waals surface area contributed by atoms with E-state index in [2.05, 4.69) is 14.8 Å². The van der Waals surface area contributed by atoms with E-state index in [4.69, 9.17) is 0 Å². The maximum Gasteiger partial charge on any atom is 0.244 e. The summed E-state index contributed by atoms with van der Waals surface area (Å²) >= 11 is 0. The van der Waals surface area contributed by atoms with E-state index < -0.39 is 10.0 Å². The maximum atomic E-state index is 12.8. The summed E-state index contributed by atoms with van der Waals surface area (Å²) in [6.45, 7) is 8.73. The van der Waals surface area contributed by atoms with Crippen LogP contribution in [0.15, 0.2) is 11.1 Å². The van der Waals surface area contributed by atoms with Crippen molar-refractivity contribution in [3.8, 4) is 0 Å². The van der Waals surface area contributed by atoms with Crippen LogP contribution >= 0.6 is 0 Å². The lowest BCUT2D eigenvalue weighted by Gasteiger charge is -2.24. The van der Waals surface area contributed by atoms with Gasteiger partial charge < -0.3 is 4.57 Å². The smallest absolute Gasteiger partial charge is 0.244 e. The molecule has 0 amide bonds. The van der Waals surface area contributed by atoms with Gasteiger partial charge in [-0.3, -0.25) is 4.68 Å². The SMILES string of the molecule is CCn1nc(C)c(S(=O)(=O)N[C@@H]2CCc3nc(C)cn3C2)c1C. The zero-order valence-corrected chi connectivity index (χ0v) is 14.8. The first-order valence-electron chi connectivity index (χ1n) is 7.90. The van der Waals surface area contributed by atoms with Gasteiger partial charge in [0.05, 0.1) is 17.1 Å². The molecule has 0 aromatic carbocycles. The summed E-state index contributed by atoms with van der Waals surface area (Å²) in [5.41, 5.74) is 2.21. The minimum absolute atomic E-state index is 0.120. The summed E-state index contributed by atoms with van der Waals surface area (Å²) in [4.78, 5) is 4.77. The van der Waals surface area contributed by atoms with Crippen LogP contribution in [-0.2, 0) is 29.5 Å². The van der Waals surface area contributed by atoms with Gasteiger partial charge in [0, 0.05) is 31.7 Å². The lowest BCUT2D eigenvalue weighted by molar-refractivity contribution is 0.421. The number of fused-ring (bicyclic) bond motifs is 1. The van der Waals surface area contributed by atoms with Gasteiger partial charge in [-0.05, 0) is 34.1 Å². The third kappa shape index (κ3) is 2.92. The van der Waals surface area contributed by atoms with Crippen LogP contribution in [0.4, 0.5) is 0 Å². The zero-order valence-electron chi connectivity index (χ0n) is 14.0. The Morgan fingerprint density at radius 3 is 2.74 bits per heavy atom. The molecule has 0 saturated carbocycles. The highest BCUT2D eigenvalue weighted by molar-refractivity contribution is 7.89. The minimum atomic E-state index is -3.57. The Labute approximate surface area is 136 Å². The van der Waals surface area contributed by atoms with Crippen molar-refractivity contribution in [3.05, 3.63) is 29.1 Å². The molecule has 0 spiro atoms. The summed E-state index contributed by atoms with van der Waals surface area (Å²) in [7, 11) is -3.57. The average Bonchev–Trinajstić information content (AvgIpc) is 2.96. The molecule has 1 N–H and O–H groups in total. The molecule has 3 heterocycles. The molecule has 0 saturated heterocycles. The van der Waals surface area contributed by atoms with Crippen LogP contribution < -0.4 is 4.72 Å². The molecule has 0 unspecified atom stereocenters. The Bertz CT molecular complexity index is 834. The first-order valence-corrected chi connectivity index (χ1v) is 9.39. The Morgan fingerprint density at radius 2 is 2.09 bits per heavy atom. The van der Waals surface area contributed by atoms with E-state index in [1.54, 1.807) is 18.5 Å². The fraction of sp³-hybridized carbons (Fsp3) is 0.600. The molecule has 23 heavy (non-hydrogen) atoms. The molecule has 1 atom stereocenters. The van der Waals surface area contributed by atoms with Gasteiger partial charge >= 0.3 is 0 Å². The number of imidazole rings is 1. The zero-order chi connectivity index (χ0) is 16.8. The molecule has 0 aliphatic carbocycles. The van der Waals surface area contributed by atoms with E-state index in [-0.39, 0.29) is 6.04 Å². The number of hydrogen-bond donors (Lipinski definition) is 1. The number of hydrogen-bond acceptors (Lipinski definition) is 4. The van der Waals surface area contributed by atoms with Crippen LogP contribution in [0.3, 0.4) is 0 Å². The third-order valence-corrected chi connectivity index (χ3v) is 6.09. The number of nitrogens with zero attached hydrogens (tertiary/aromatic N) is 4. The highest BCUT2D eigenvalue weighted by Gasteiger charge is 2.29. The van der Waals surface area contributed by atoms with Crippen molar-refractivity contribution in [2.24, 2.45) is 0 Å². The monoisotopic (exact) mass is 337 g/mol. The average molecular weight is 337 g/mol. The summed E-state index contributed by atoms with van der Waals surface area (Å²) in [5.74, 6) is 1.03. The lowest BCUT2D eigenvalue weighted by Crippen LogP contribution is -2.41. The first kappa shape index (κ1) is 16.2. The van der Waals surface area contributed by atoms with Crippen LogP contribution in [-0.4, -0.2) is 33.8 Å². The van der Waals surface area contributed by atoms with Crippen molar-refractivity contribution in [3.63, 3.8) is 0 Å². The van der Waals surface area contributed by atoms with Crippen LogP contribution in [0, 0.1) is 20.8 Å². The van der Waals surface area contributed by atoms with Crippen LogP contribution in [0.1, 0.15) is 36.3 Å². The summed E-state index contributed by atoms with van der Waals surface area (Å²) in [5, 5.41) is 4.31. The van der Waals surface area contributed by atoms with Gasteiger partial charge in [-0.1, -0.05) is 0 Å². The molecule has 0 radical (unpaired) electrons. The molecule has 8 heteroatoms. The van der Waals surface area contributed by atoms with Gasteiger partial charge in [-0.15, -0.1) is 0 Å². The topological polar surface area (TPSA) is 81.8 Å². The molecule has 7 nitrogen and oxygen atoms in total. The number of nitrogens with one attached hydrogen (secondary N) is 1. The molecular formula is C15H23N5O2S. The van der Waals surface area contributed by atoms with Crippen molar-refractivity contribution < 1.29 is 8.42 Å². The van der Waals surface area contributed by atoms with Gasteiger partial charge in [0.2, 0.25) is 10.0 Å². The normalized spacial score (nSPS) is 18.2. The molecule has 1 aliphatic rings. The second-order valence-electron chi connectivity index (χ2n) is 6.12. The molecule has 3 rings (SSSR count). The van der Waals surface area contributed by atoms with Crippen molar-refractivity contribution in [2.75, 3.05) is 0 Å². The largest absolute Gasteiger partial charge is 0.333 e. The molecule has 126 valence electrons. The summed E-state index contributed by atoms with van der Waals surface area (Å²) in [6, 6.07) is -0.120. The Morgan fingerprint density at radius 1 is 1.35 bits per heavy atom. The maximum absolute atomic E-state index is 12.8. The second-order valence-corrected chi connectivity index (χ2v) is 7.77. The third-order valence-electron chi connectivity index (χ3n) is 4.32. The number of sulfonamides is 1. The Hall–Kier alpha value is -1.67. The molecule has 1 aliphatic heterocycles. The Balaban J connectivity index is 1.84. The van der Waals surface area contributed by atoms with Crippen LogP contribution in [0.5, 0.6) is 0 Å². The lowest BCUT2D eigenvalue weighted by atomic mass is 10.1. The summed E-state index contributed by atoms with van der Waals surface area (Å²) in [6.07, 6.45) is 3.52. The van der Waals surface area contributed by atoms with Gasteiger partial charge in [-0.25, -0.2) is 18.1 Å². The van der Waals surface area contributed by atoms with Crippen molar-refractivity contribution in [1.82, 2.24) is 24.1 Å². The second kappa shape index (κ2) is 5.76. The first-order chi connectivity index (χ1) is 10.8. The molecule has 2 aromatic rings. The van der Waals surface area contributed by atoms with Crippen LogP contribution in [0.2, 0.25) is 0 Å². The quantitative estimate of drug-likeness (QED) is 0.912. The van der Waals surface area contributed by atoms with Crippen molar-refractivity contribution in [2.45, 2.75) is 64.6 Å². The van der Waals surface area contributed by atoms with E-state index in [1.807, 2.05) is 24.6 Å². The number of aromatic nitrogens is 4. The van der Waals surface area contributed by atoms with Crippen LogP contribution in [0.25, 0.3) is 0 Å². The molecular weight excluding hydrogens is 314 g/mol. The molecule has 2 aromatic heterocycles. The number of rotatable bonds is 4. The van der Waals surface area contributed by atoms with E-state index in [1.165, 1.54) is 0 Å². The van der Waals surface area contributed by atoms with Crippen molar-refractivity contribution in [1.29, 1.82) is 0 Å². The van der Waals surface area contributed by atoms with Gasteiger partial charge in [0.15, 0.2) is 0 Å². The molecule has 0 fully saturated rings. The van der Waals surface area contributed by atoms with E-state index in [9.17, 15) is 8.42 Å². The Kier molecular flexibility index (Phi) is 4.05. The highest BCUT2D eigenvalue weighted by atomic mass is 32.2. The van der Waals surface area contributed by atoms with Gasteiger partial charge in [0.1, 0.15) is 10.7 Å². The predicted octanol–water partition coefficient (Wildman–Crippen LogP) is 1.32. The van der Waals surface area contributed by atoms with Gasteiger partial charge in [0.25, 0.3) is 0 Å². The van der Waals surface area contributed by atoms with E-state index >= 15 is 0 Å². The van der Waals surface area contributed by atoms with E-state index in [0.717, 1.165) is 24.4 Å². The fourth-order valence-corrected chi connectivity index (χ4v) is 5.01. The predicted molar refractivity (Wildman–Crippen MR) is 86.8 cm³/mol. The summed E-state index contributed by atoms with van der Waals surface area (Å²) < 4.78 is 32.2. The fourth-order valence-electron chi connectivity index (χ4n) is 3.34. The van der Waals surface area contributed by atoms with E-state index in [0.29, 0.717) is 29.4 Å².